The second-order valence-electron chi connectivity index (χ2n) is 3.56. The number of halogens is 6. The van der Waals surface area contributed by atoms with Gasteiger partial charge >= 0.3 is 12.4 Å². The van der Waals surface area contributed by atoms with E-state index in [4.69, 9.17) is 0 Å². The van der Waals surface area contributed by atoms with Crippen LogP contribution >= 0.6 is 11.3 Å². The molecule has 1 aromatic carbocycles. The lowest BCUT2D eigenvalue weighted by atomic mass is 10.0. The van der Waals surface area contributed by atoms with Crippen LogP contribution in [-0.4, -0.2) is 4.98 Å². The second-order valence-corrected chi connectivity index (χ2v) is 4.46. The molecule has 0 saturated carbocycles. The summed E-state index contributed by atoms with van der Waals surface area (Å²) in [6.45, 7) is 0. The molecule has 0 spiro atoms. The fraction of sp³-hybridized carbons (Fsp3) is 0.182. The van der Waals surface area contributed by atoms with Crippen molar-refractivity contribution in [3.63, 3.8) is 0 Å². The lowest BCUT2D eigenvalue weighted by Gasteiger charge is -2.18. The van der Waals surface area contributed by atoms with Crippen molar-refractivity contribution in [1.82, 2.24) is 4.98 Å². The first kappa shape index (κ1) is 13.9. The molecule has 2 aromatic rings. The first-order valence-corrected chi connectivity index (χ1v) is 5.76. The van der Waals surface area contributed by atoms with Gasteiger partial charge in [-0.2, -0.15) is 26.3 Å². The summed E-state index contributed by atoms with van der Waals surface area (Å²) >= 11 is 0.847. The number of nitrogens with zero attached hydrogens (tertiary/aromatic N) is 1. The number of alkyl halides is 6. The molecule has 0 unspecified atom stereocenters. The summed E-state index contributed by atoms with van der Waals surface area (Å²) < 4.78 is 76.8. The number of benzene rings is 1. The van der Waals surface area contributed by atoms with Crippen LogP contribution in [0, 0.1) is 0 Å². The highest BCUT2D eigenvalue weighted by Gasteiger charge is 2.45. The number of thiazole rings is 1. The third-order valence-corrected chi connectivity index (χ3v) is 3.12. The quantitative estimate of drug-likeness (QED) is 0.686. The Morgan fingerprint density at radius 2 is 1.63 bits per heavy atom. The van der Waals surface area contributed by atoms with Gasteiger partial charge in [-0.1, -0.05) is 12.1 Å². The average molecular weight is 297 g/mol. The van der Waals surface area contributed by atoms with Crippen LogP contribution in [-0.2, 0) is 12.4 Å². The van der Waals surface area contributed by atoms with Gasteiger partial charge in [-0.05, 0) is 6.07 Å². The van der Waals surface area contributed by atoms with Crippen LogP contribution < -0.4 is 0 Å². The van der Waals surface area contributed by atoms with Crippen molar-refractivity contribution in [1.29, 1.82) is 0 Å². The van der Waals surface area contributed by atoms with E-state index in [0.717, 1.165) is 23.5 Å². The summed E-state index contributed by atoms with van der Waals surface area (Å²) in [7, 11) is 0. The summed E-state index contributed by atoms with van der Waals surface area (Å²) in [5, 5.41) is 1.30. The molecular formula is C11H5F6NS. The molecule has 0 N–H and O–H groups in total. The third kappa shape index (κ3) is 2.73. The Bertz CT molecular complexity index is 570. The fourth-order valence-electron chi connectivity index (χ4n) is 1.63. The van der Waals surface area contributed by atoms with Crippen LogP contribution in [0.3, 0.4) is 0 Å². The molecule has 0 atom stereocenters. The molecule has 0 radical (unpaired) electrons. The van der Waals surface area contributed by atoms with E-state index in [2.05, 4.69) is 4.98 Å². The van der Waals surface area contributed by atoms with Crippen LogP contribution in [0.15, 0.2) is 29.8 Å². The first-order valence-electron chi connectivity index (χ1n) is 4.88. The highest BCUT2D eigenvalue weighted by Crippen LogP contribution is 2.45. The molecule has 19 heavy (non-hydrogen) atoms. The Kier molecular flexibility index (Phi) is 3.29. The van der Waals surface area contributed by atoms with Gasteiger partial charge < -0.3 is 0 Å². The van der Waals surface area contributed by atoms with E-state index >= 15 is 0 Å². The molecule has 0 saturated heterocycles. The molecule has 0 aliphatic carbocycles. The van der Waals surface area contributed by atoms with Crippen LogP contribution in [0.25, 0.3) is 10.6 Å². The summed E-state index contributed by atoms with van der Waals surface area (Å²) in [6.07, 6.45) is -8.94. The number of aromatic nitrogens is 1. The van der Waals surface area contributed by atoms with Crippen LogP contribution in [0.5, 0.6) is 0 Å². The standard InChI is InChI=1S/C11H5F6NS/c12-10(13,14)7-3-1-2-6(8(7)11(15,16)17)9-18-4-5-19-9/h1-5H. The molecule has 8 heteroatoms. The first-order chi connectivity index (χ1) is 8.71. The van der Waals surface area contributed by atoms with Gasteiger partial charge in [-0.15, -0.1) is 11.3 Å². The lowest BCUT2D eigenvalue weighted by molar-refractivity contribution is -0.161. The van der Waals surface area contributed by atoms with E-state index in [1.54, 1.807) is 0 Å². The van der Waals surface area contributed by atoms with Crippen molar-refractivity contribution in [3.8, 4) is 10.6 Å². The highest BCUT2D eigenvalue weighted by atomic mass is 32.1. The molecule has 2 rings (SSSR count). The van der Waals surface area contributed by atoms with E-state index in [1.165, 1.54) is 11.6 Å². The van der Waals surface area contributed by atoms with E-state index in [1.807, 2.05) is 0 Å². The number of rotatable bonds is 1. The molecule has 0 fully saturated rings. The van der Waals surface area contributed by atoms with Gasteiger partial charge in [0.2, 0.25) is 0 Å². The second kappa shape index (κ2) is 4.52. The van der Waals surface area contributed by atoms with Gasteiger partial charge in [0.15, 0.2) is 0 Å². The zero-order valence-corrected chi connectivity index (χ0v) is 9.83. The summed E-state index contributed by atoms with van der Waals surface area (Å²) in [5.41, 5.74) is -3.96. The van der Waals surface area contributed by atoms with Crippen LogP contribution in [0.1, 0.15) is 11.1 Å². The number of hydrogen-bond acceptors (Lipinski definition) is 2. The highest BCUT2D eigenvalue weighted by molar-refractivity contribution is 7.13. The van der Waals surface area contributed by atoms with Gasteiger partial charge in [-0.3, -0.25) is 0 Å². The van der Waals surface area contributed by atoms with E-state index < -0.39 is 29.0 Å². The Hall–Kier alpha value is -1.57. The Balaban J connectivity index is 2.76. The molecule has 0 bridgehead atoms. The normalized spacial score (nSPS) is 12.7. The van der Waals surface area contributed by atoms with Crippen LogP contribution in [0.2, 0.25) is 0 Å². The maximum Gasteiger partial charge on any atom is 0.417 e. The van der Waals surface area contributed by atoms with Crippen molar-refractivity contribution in [3.05, 3.63) is 40.9 Å². The summed E-state index contributed by atoms with van der Waals surface area (Å²) in [4.78, 5) is 3.63. The fourth-order valence-corrected chi connectivity index (χ4v) is 2.30. The summed E-state index contributed by atoms with van der Waals surface area (Å²) in [6, 6.07) is 2.34. The molecule has 0 aliphatic heterocycles. The van der Waals surface area contributed by atoms with Gasteiger partial charge in [-0.25, -0.2) is 4.98 Å². The molecule has 1 nitrogen and oxygen atoms in total. The predicted octanol–water partition coefficient (Wildman–Crippen LogP) is 4.85. The van der Waals surface area contributed by atoms with Crippen molar-refractivity contribution in [2.24, 2.45) is 0 Å². The predicted molar refractivity (Wildman–Crippen MR) is 57.6 cm³/mol. The van der Waals surface area contributed by atoms with Gasteiger partial charge in [0, 0.05) is 17.1 Å². The molecule has 1 heterocycles. The molecular weight excluding hydrogens is 292 g/mol. The van der Waals surface area contributed by atoms with Crippen molar-refractivity contribution >= 4 is 11.3 Å². The zero-order chi connectivity index (χ0) is 14.3. The average Bonchev–Trinajstić information content (AvgIpc) is 2.79. The molecule has 0 amide bonds. The number of hydrogen-bond donors (Lipinski definition) is 0. The lowest BCUT2D eigenvalue weighted by Crippen LogP contribution is -2.17. The topological polar surface area (TPSA) is 12.9 Å². The largest absolute Gasteiger partial charge is 0.417 e. The van der Waals surface area contributed by atoms with Crippen LogP contribution in [0.4, 0.5) is 26.3 Å². The molecule has 0 aliphatic rings. The minimum atomic E-state index is -5.10. The maximum atomic E-state index is 12.9. The zero-order valence-electron chi connectivity index (χ0n) is 9.01. The monoisotopic (exact) mass is 297 g/mol. The molecule has 1 aromatic heterocycles. The SMILES string of the molecule is FC(F)(F)c1cccc(-c2nccs2)c1C(F)(F)F. The Morgan fingerprint density at radius 1 is 0.947 bits per heavy atom. The minimum absolute atomic E-state index is 0.0987. The van der Waals surface area contributed by atoms with Gasteiger partial charge in [0.1, 0.15) is 5.01 Å². The minimum Gasteiger partial charge on any atom is -0.245 e. The van der Waals surface area contributed by atoms with Crippen molar-refractivity contribution in [2.45, 2.75) is 12.4 Å². The summed E-state index contributed by atoms with van der Waals surface area (Å²) in [5.74, 6) is 0. The smallest absolute Gasteiger partial charge is 0.245 e. The molecule has 102 valence electrons. The third-order valence-electron chi connectivity index (χ3n) is 2.32. The van der Waals surface area contributed by atoms with Crippen molar-refractivity contribution < 1.29 is 26.3 Å². The van der Waals surface area contributed by atoms with E-state index in [0.29, 0.717) is 6.07 Å². The van der Waals surface area contributed by atoms with E-state index in [9.17, 15) is 26.3 Å². The van der Waals surface area contributed by atoms with E-state index in [-0.39, 0.29) is 5.01 Å². The van der Waals surface area contributed by atoms with Crippen molar-refractivity contribution in [2.75, 3.05) is 0 Å². The maximum absolute atomic E-state index is 12.9. The van der Waals surface area contributed by atoms with Gasteiger partial charge in [0.25, 0.3) is 0 Å². The van der Waals surface area contributed by atoms with Gasteiger partial charge in [0.05, 0.1) is 11.1 Å². The Labute approximate surface area is 107 Å². The Morgan fingerprint density at radius 3 is 2.11 bits per heavy atom.